The lowest BCUT2D eigenvalue weighted by Crippen LogP contribution is -2.58. The van der Waals surface area contributed by atoms with Crippen LogP contribution in [-0.4, -0.2) is 42.5 Å². The zero-order valence-electron chi connectivity index (χ0n) is 9.34. The summed E-state index contributed by atoms with van der Waals surface area (Å²) >= 11 is 0. The standard InChI is InChI=1S/C10H21N3O/c1-8-5-4-6-13(8)7-10(2,12-3)9(11)14/h8,12H,4-7H2,1-3H3,(H2,11,14). The van der Waals surface area contributed by atoms with E-state index in [2.05, 4.69) is 17.1 Å². The Balaban J connectivity index is 2.60. The molecule has 3 N–H and O–H groups in total. The summed E-state index contributed by atoms with van der Waals surface area (Å²) < 4.78 is 0. The average Bonchev–Trinajstić information content (AvgIpc) is 2.51. The zero-order chi connectivity index (χ0) is 10.8. The highest BCUT2D eigenvalue weighted by atomic mass is 16.1. The molecule has 0 aromatic carbocycles. The lowest BCUT2D eigenvalue weighted by atomic mass is 10.0. The van der Waals surface area contributed by atoms with Crippen LogP contribution in [0.25, 0.3) is 0 Å². The number of nitrogens with one attached hydrogen (secondary N) is 1. The molecule has 2 unspecified atom stereocenters. The van der Waals surface area contributed by atoms with Crippen molar-refractivity contribution < 1.29 is 4.79 Å². The minimum atomic E-state index is -0.599. The number of hydrogen-bond donors (Lipinski definition) is 2. The van der Waals surface area contributed by atoms with Gasteiger partial charge >= 0.3 is 0 Å². The molecule has 1 rings (SSSR count). The quantitative estimate of drug-likeness (QED) is 0.666. The maximum absolute atomic E-state index is 11.3. The van der Waals surface area contributed by atoms with E-state index >= 15 is 0 Å². The smallest absolute Gasteiger partial charge is 0.238 e. The predicted molar refractivity (Wildman–Crippen MR) is 56.9 cm³/mol. The zero-order valence-corrected chi connectivity index (χ0v) is 9.34. The predicted octanol–water partition coefficient (Wildman–Crippen LogP) is -0.0659. The molecule has 1 heterocycles. The third kappa shape index (κ3) is 2.25. The maximum atomic E-state index is 11.3. The molecule has 0 bridgehead atoms. The lowest BCUT2D eigenvalue weighted by molar-refractivity contribution is -0.124. The van der Waals surface area contributed by atoms with Gasteiger partial charge in [0, 0.05) is 12.6 Å². The molecule has 1 aliphatic heterocycles. The van der Waals surface area contributed by atoms with Crippen molar-refractivity contribution in [3.8, 4) is 0 Å². The van der Waals surface area contributed by atoms with Crippen molar-refractivity contribution in [1.82, 2.24) is 10.2 Å². The van der Waals surface area contributed by atoms with Gasteiger partial charge in [-0.05, 0) is 40.3 Å². The van der Waals surface area contributed by atoms with Crippen LogP contribution in [0, 0.1) is 0 Å². The molecule has 1 saturated heterocycles. The Morgan fingerprint density at radius 1 is 1.71 bits per heavy atom. The normalized spacial score (nSPS) is 27.5. The summed E-state index contributed by atoms with van der Waals surface area (Å²) in [6.45, 7) is 5.84. The van der Waals surface area contributed by atoms with Gasteiger partial charge in [-0.15, -0.1) is 0 Å². The molecule has 0 aromatic heterocycles. The van der Waals surface area contributed by atoms with E-state index in [1.54, 1.807) is 7.05 Å². The Labute approximate surface area is 85.8 Å². The van der Waals surface area contributed by atoms with E-state index in [1.807, 2.05) is 6.92 Å². The van der Waals surface area contributed by atoms with E-state index in [-0.39, 0.29) is 5.91 Å². The molecule has 0 aromatic rings. The molecule has 14 heavy (non-hydrogen) atoms. The first-order valence-corrected chi connectivity index (χ1v) is 5.22. The maximum Gasteiger partial charge on any atom is 0.238 e. The van der Waals surface area contributed by atoms with E-state index < -0.39 is 5.54 Å². The number of likely N-dealkylation sites (tertiary alicyclic amines) is 1. The average molecular weight is 199 g/mol. The monoisotopic (exact) mass is 199 g/mol. The summed E-state index contributed by atoms with van der Waals surface area (Å²) in [6.07, 6.45) is 2.44. The summed E-state index contributed by atoms with van der Waals surface area (Å²) in [5.74, 6) is -0.279. The van der Waals surface area contributed by atoms with Crippen LogP contribution in [0.2, 0.25) is 0 Å². The van der Waals surface area contributed by atoms with Crippen LogP contribution in [0.3, 0.4) is 0 Å². The summed E-state index contributed by atoms with van der Waals surface area (Å²) in [5, 5.41) is 3.01. The number of rotatable bonds is 4. The van der Waals surface area contributed by atoms with Crippen LogP contribution in [0.5, 0.6) is 0 Å². The Morgan fingerprint density at radius 2 is 2.36 bits per heavy atom. The van der Waals surface area contributed by atoms with Crippen molar-refractivity contribution in [3.63, 3.8) is 0 Å². The van der Waals surface area contributed by atoms with Gasteiger partial charge in [0.05, 0.1) is 0 Å². The lowest BCUT2D eigenvalue weighted by Gasteiger charge is -2.32. The summed E-state index contributed by atoms with van der Waals surface area (Å²) in [5.41, 5.74) is 4.78. The molecular formula is C10H21N3O. The SMILES string of the molecule is CNC(C)(CN1CCCC1C)C(N)=O. The molecule has 1 amide bonds. The molecular weight excluding hydrogens is 178 g/mol. The fourth-order valence-electron chi connectivity index (χ4n) is 1.91. The third-order valence-electron chi connectivity index (χ3n) is 3.31. The van der Waals surface area contributed by atoms with Gasteiger partial charge in [-0.25, -0.2) is 0 Å². The molecule has 0 aliphatic carbocycles. The molecule has 0 radical (unpaired) electrons. The van der Waals surface area contributed by atoms with Gasteiger partial charge in [0.2, 0.25) is 5.91 Å². The molecule has 0 saturated carbocycles. The number of amides is 1. The van der Waals surface area contributed by atoms with Crippen LogP contribution in [0.15, 0.2) is 0 Å². The van der Waals surface area contributed by atoms with Gasteiger partial charge < -0.3 is 11.1 Å². The van der Waals surface area contributed by atoms with Gasteiger partial charge in [-0.2, -0.15) is 0 Å². The molecule has 4 heteroatoms. The van der Waals surface area contributed by atoms with Crippen molar-refractivity contribution in [2.45, 2.75) is 38.3 Å². The van der Waals surface area contributed by atoms with Crippen LogP contribution >= 0.6 is 0 Å². The molecule has 1 fully saturated rings. The van der Waals surface area contributed by atoms with Gasteiger partial charge in [0.1, 0.15) is 5.54 Å². The first-order valence-electron chi connectivity index (χ1n) is 5.22. The van der Waals surface area contributed by atoms with E-state index in [0.717, 1.165) is 6.54 Å². The third-order valence-corrected chi connectivity index (χ3v) is 3.31. The highest BCUT2D eigenvalue weighted by Crippen LogP contribution is 2.19. The van der Waals surface area contributed by atoms with Gasteiger partial charge in [-0.1, -0.05) is 0 Å². The number of hydrogen-bond acceptors (Lipinski definition) is 3. The number of primary amides is 1. The first kappa shape index (κ1) is 11.5. The van der Waals surface area contributed by atoms with E-state index in [1.165, 1.54) is 12.8 Å². The van der Waals surface area contributed by atoms with E-state index in [9.17, 15) is 4.79 Å². The van der Waals surface area contributed by atoms with E-state index in [0.29, 0.717) is 12.6 Å². The van der Waals surface area contributed by atoms with Crippen LogP contribution in [0.4, 0.5) is 0 Å². The van der Waals surface area contributed by atoms with Crippen molar-refractivity contribution >= 4 is 5.91 Å². The molecule has 1 aliphatic rings. The van der Waals surface area contributed by atoms with Crippen molar-refractivity contribution in [3.05, 3.63) is 0 Å². The summed E-state index contributed by atoms with van der Waals surface area (Å²) in [4.78, 5) is 13.6. The van der Waals surface area contributed by atoms with Crippen LogP contribution in [0.1, 0.15) is 26.7 Å². The Kier molecular flexibility index (Phi) is 3.50. The number of carbonyl (C=O) groups excluding carboxylic acids is 1. The second-order valence-electron chi connectivity index (χ2n) is 4.41. The van der Waals surface area contributed by atoms with Crippen molar-refractivity contribution in [1.29, 1.82) is 0 Å². The van der Waals surface area contributed by atoms with Crippen molar-refractivity contribution in [2.24, 2.45) is 5.73 Å². The second-order valence-corrected chi connectivity index (χ2v) is 4.41. The summed E-state index contributed by atoms with van der Waals surface area (Å²) in [7, 11) is 1.78. The Morgan fingerprint density at radius 3 is 2.71 bits per heavy atom. The van der Waals surface area contributed by atoms with E-state index in [4.69, 9.17) is 5.73 Å². The molecule has 0 spiro atoms. The van der Waals surface area contributed by atoms with Crippen LogP contribution < -0.4 is 11.1 Å². The largest absolute Gasteiger partial charge is 0.368 e. The molecule has 2 atom stereocenters. The molecule has 4 nitrogen and oxygen atoms in total. The van der Waals surface area contributed by atoms with Gasteiger partial charge in [0.15, 0.2) is 0 Å². The highest BCUT2D eigenvalue weighted by molar-refractivity contribution is 5.84. The Bertz CT molecular complexity index is 219. The fraction of sp³-hybridized carbons (Fsp3) is 0.900. The minimum Gasteiger partial charge on any atom is -0.368 e. The summed E-state index contributed by atoms with van der Waals surface area (Å²) in [6, 6.07) is 0.571. The second kappa shape index (κ2) is 4.28. The number of likely N-dealkylation sites (N-methyl/N-ethyl adjacent to an activating group) is 1. The molecule has 82 valence electrons. The fourth-order valence-corrected chi connectivity index (χ4v) is 1.91. The van der Waals surface area contributed by atoms with Crippen molar-refractivity contribution in [2.75, 3.05) is 20.1 Å². The number of nitrogens with two attached hydrogens (primary N) is 1. The van der Waals surface area contributed by atoms with Crippen LogP contribution in [-0.2, 0) is 4.79 Å². The first-order chi connectivity index (χ1) is 6.49. The van der Waals surface area contributed by atoms with Gasteiger partial charge in [0.25, 0.3) is 0 Å². The minimum absolute atomic E-state index is 0.279. The number of nitrogens with zero attached hydrogens (tertiary/aromatic N) is 1. The number of carbonyl (C=O) groups is 1. The van der Waals surface area contributed by atoms with Gasteiger partial charge in [-0.3, -0.25) is 9.69 Å². The highest BCUT2D eigenvalue weighted by Gasteiger charge is 2.34. The Hall–Kier alpha value is -0.610. The topological polar surface area (TPSA) is 58.4 Å².